The van der Waals surface area contributed by atoms with Crippen LogP contribution in [0.4, 0.5) is 5.95 Å². The van der Waals surface area contributed by atoms with Crippen molar-refractivity contribution in [3.05, 3.63) is 35.9 Å². The standard InChI is InChI=1S/C12H15N5/c1-2-11-15-12-14-8-6-10(17(12)16-11)9-5-3-4-7-13-9/h3-5,7,10H,2,6,8H2,1H3,(H,14,15,16). The maximum Gasteiger partial charge on any atom is 0.222 e. The maximum absolute atomic E-state index is 4.53. The van der Waals surface area contributed by atoms with Crippen molar-refractivity contribution in [3.8, 4) is 0 Å². The summed E-state index contributed by atoms with van der Waals surface area (Å²) in [6, 6.07) is 6.21. The molecular weight excluding hydrogens is 214 g/mol. The van der Waals surface area contributed by atoms with Gasteiger partial charge in [-0.15, -0.1) is 0 Å². The first-order valence-corrected chi connectivity index (χ1v) is 5.98. The number of anilines is 1. The summed E-state index contributed by atoms with van der Waals surface area (Å²) in [5.74, 6) is 1.75. The number of fused-ring (bicyclic) bond motifs is 1. The van der Waals surface area contributed by atoms with E-state index >= 15 is 0 Å². The van der Waals surface area contributed by atoms with Gasteiger partial charge in [-0.2, -0.15) is 10.1 Å². The zero-order valence-corrected chi connectivity index (χ0v) is 9.80. The zero-order valence-electron chi connectivity index (χ0n) is 9.80. The number of pyridine rings is 1. The van der Waals surface area contributed by atoms with E-state index in [1.165, 1.54) is 0 Å². The maximum atomic E-state index is 4.53. The third kappa shape index (κ3) is 1.77. The molecular formula is C12H15N5. The predicted molar refractivity (Wildman–Crippen MR) is 64.9 cm³/mol. The Morgan fingerprint density at radius 1 is 1.47 bits per heavy atom. The van der Waals surface area contributed by atoms with E-state index in [4.69, 9.17) is 0 Å². The molecule has 3 heterocycles. The molecule has 0 radical (unpaired) electrons. The molecule has 2 aromatic rings. The Hall–Kier alpha value is -1.91. The van der Waals surface area contributed by atoms with Crippen LogP contribution in [0.15, 0.2) is 24.4 Å². The first-order valence-electron chi connectivity index (χ1n) is 5.98. The summed E-state index contributed by atoms with van der Waals surface area (Å²) in [6.45, 7) is 2.99. The normalized spacial score (nSPS) is 18.5. The molecule has 0 bridgehead atoms. The van der Waals surface area contributed by atoms with E-state index in [0.717, 1.165) is 36.9 Å². The molecule has 17 heavy (non-hydrogen) atoms. The molecule has 0 amide bonds. The molecule has 88 valence electrons. The van der Waals surface area contributed by atoms with Gasteiger partial charge in [0.15, 0.2) is 5.82 Å². The minimum atomic E-state index is 0.209. The molecule has 0 saturated carbocycles. The fourth-order valence-corrected chi connectivity index (χ4v) is 2.14. The van der Waals surface area contributed by atoms with Crippen molar-refractivity contribution in [2.24, 2.45) is 0 Å². The molecule has 5 heteroatoms. The van der Waals surface area contributed by atoms with Gasteiger partial charge in [0.05, 0.1) is 11.7 Å². The summed E-state index contributed by atoms with van der Waals surface area (Å²) in [5.41, 5.74) is 1.06. The van der Waals surface area contributed by atoms with Gasteiger partial charge in [0, 0.05) is 19.2 Å². The quantitative estimate of drug-likeness (QED) is 0.850. The minimum Gasteiger partial charge on any atom is -0.354 e. The van der Waals surface area contributed by atoms with Crippen molar-refractivity contribution in [1.82, 2.24) is 19.7 Å². The molecule has 0 fully saturated rings. The number of rotatable bonds is 2. The second-order valence-electron chi connectivity index (χ2n) is 4.14. The van der Waals surface area contributed by atoms with Crippen molar-refractivity contribution in [2.45, 2.75) is 25.8 Å². The number of hydrogen-bond acceptors (Lipinski definition) is 4. The van der Waals surface area contributed by atoms with Gasteiger partial charge in [0.2, 0.25) is 5.95 Å². The molecule has 5 nitrogen and oxygen atoms in total. The van der Waals surface area contributed by atoms with Crippen molar-refractivity contribution < 1.29 is 0 Å². The van der Waals surface area contributed by atoms with Crippen molar-refractivity contribution >= 4 is 5.95 Å². The largest absolute Gasteiger partial charge is 0.354 e. The smallest absolute Gasteiger partial charge is 0.222 e. The first-order chi connectivity index (χ1) is 8.38. The van der Waals surface area contributed by atoms with Crippen LogP contribution in [-0.4, -0.2) is 26.3 Å². The van der Waals surface area contributed by atoms with Gasteiger partial charge in [0.25, 0.3) is 0 Å². The topological polar surface area (TPSA) is 55.6 Å². The van der Waals surface area contributed by atoms with Gasteiger partial charge in [-0.1, -0.05) is 13.0 Å². The van der Waals surface area contributed by atoms with E-state index in [9.17, 15) is 0 Å². The number of aromatic nitrogens is 4. The Kier molecular flexibility index (Phi) is 2.51. The van der Waals surface area contributed by atoms with Gasteiger partial charge in [-0.3, -0.25) is 4.98 Å². The van der Waals surface area contributed by atoms with Crippen LogP contribution in [0.1, 0.15) is 30.9 Å². The van der Waals surface area contributed by atoms with E-state index in [1.807, 2.05) is 29.1 Å². The number of nitrogens with zero attached hydrogens (tertiary/aromatic N) is 4. The van der Waals surface area contributed by atoms with Crippen LogP contribution < -0.4 is 5.32 Å². The molecule has 1 N–H and O–H groups in total. The van der Waals surface area contributed by atoms with E-state index in [2.05, 4.69) is 27.3 Å². The lowest BCUT2D eigenvalue weighted by Crippen LogP contribution is -2.25. The SMILES string of the molecule is CCc1nc2n(n1)C(c1ccccn1)CCN2. The third-order valence-electron chi connectivity index (χ3n) is 3.02. The molecule has 0 spiro atoms. The Balaban J connectivity index is 2.02. The summed E-state index contributed by atoms with van der Waals surface area (Å²) in [5, 5.41) is 7.81. The van der Waals surface area contributed by atoms with Gasteiger partial charge < -0.3 is 5.32 Å². The highest BCUT2D eigenvalue weighted by Crippen LogP contribution is 2.26. The second-order valence-corrected chi connectivity index (χ2v) is 4.14. The monoisotopic (exact) mass is 229 g/mol. The van der Waals surface area contributed by atoms with E-state index in [0.29, 0.717) is 0 Å². The van der Waals surface area contributed by atoms with E-state index in [1.54, 1.807) is 0 Å². The Labute approximate surface area is 99.9 Å². The van der Waals surface area contributed by atoms with Crippen LogP contribution in [0, 0.1) is 0 Å². The van der Waals surface area contributed by atoms with Crippen LogP contribution in [0.3, 0.4) is 0 Å². The Morgan fingerprint density at radius 2 is 2.41 bits per heavy atom. The molecule has 3 rings (SSSR count). The van der Waals surface area contributed by atoms with Crippen molar-refractivity contribution in [1.29, 1.82) is 0 Å². The Bertz CT molecular complexity index is 505. The van der Waals surface area contributed by atoms with Gasteiger partial charge in [-0.25, -0.2) is 4.68 Å². The van der Waals surface area contributed by atoms with Crippen LogP contribution in [-0.2, 0) is 6.42 Å². The zero-order chi connectivity index (χ0) is 11.7. The molecule has 1 unspecified atom stereocenters. The van der Waals surface area contributed by atoms with E-state index in [-0.39, 0.29) is 6.04 Å². The lowest BCUT2D eigenvalue weighted by atomic mass is 10.1. The molecule has 0 saturated heterocycles. The highest BCUT2D eigenvalue weighted by molar-refractivity contribution is 5.30. The summed E-state index contributed by atoms with van der Waals surface area (Å²) in [4.78, 5) is 8.88. The van der Waals surface area contributed by atoms with Gasteiger partial charge in [0.1, 0.15) is 0 Å². The average Bonchev–Trinajstić information content (AvgIpc) is 2.82. The molecule has 0 aliphatic carbocycles. The summed E-state index contributed by atoms with van der Waals surface area (Å²) in [7, 11) is 0. The molecule has 1 aliphatic rings. The lowest BCUT2D eigenvalue weighted by Gasteiger charge is -2.23. The number of hydrogen-bond donors (Lipinski definition) is 1. The van der Waals surface area contributed by atoms with Crippen molar-refractivity contribution in [3.63, 3.8) is 0 Å². The van der Waals surface area contributed by atoms with Gasteiger partial charge >= 0.3 is 0 Å². The highest BCUT2D eigenvalue weighted by Gasteiger charge is 2.24. The average molecular weight is 229 g/mol. The predicted octanol–water partition coefficient (Wildman–Crippen LogP) is 1.64. The highest BCUT2D eigenvalue weighted by atomic mass is 15.4. The number of nitrogens with one attached hydrogen (secondary N) is 1. The van der Waals surface area contributed by atoms with Crippen LogP contribution >= 0.6 is 0 Å². The lowest BCUT2D eigenvalue weighted by molar-refractivity contribution is 0.467. The second kappa shape index (κ2) is 4.16. The number of aryl methyl sites for hydroxylation is 1. The molecule has 1 aliphatic heterocycles. The fourth-order valence-electron chi connectivity index (χ4n) is 2.14. The summed E-state index contributed by atoms with van der Waals surface area (Å²) < 4.78 is 1.96. The summed E-state index contributed by atoms with van der Waals surface area (Å²) in [6.07, 6.45) is 3.68. The minimum absolute atomic E-state index is 0.209. The van der Waals surface area contributed by atoms with Crippen molar-refractivity contribution in [2.75, 3.05) is 11.9 Å². The van der Waals surface area contributed by atoms with Crippen LogP contribution in [0.2, 0.25) is 0 Å². The van der Waals surface area contributed by atoms with Gasteiger partial charge in [-0.05, 0) is 18.6 Å². The van der Waals surface area contributed by atoms with Crippen LogP contribution in [0.25, 0.3) is 0 Å². The molecule has 0 aromatic carbocycles. The summed E-state index contributed by atoms with van der Waals surface area (Å²) >= 11 is 0. The molecule has 2 aromatic heterocycles. The first kappa shape index (κ1) is 10.3. The third-order valence-corrected chi connectivity index (χ3v) is 3.02. The fraction of sp³-hybridized carbons (Fsp3) is 0.417. The van der Waals surface area contributed by atoms with E-state index < -0.39 is 0 Å². The Morgan fingerprint density at radius 3 is 3.18 bits per heavy atom. The van der Waals surface area contributed by atoms with Crippen LogP contribution in [0.5, 0.6) is 0 Å². The molecule has 1 atom stereocenters.